The molecule has 0 radical (unpaired) electrons. The van der Waals surface area contributed by atoms with E-state index in [1.54, 1.807) is 60.5 Å². The minimum atomic E-state index is -0.936. The molecule has 0 fully saturated rings. The van der Waals surface area contributed by atoms with Crippen molar-refractivity contribution in [2.45, 2.75) is 0 Å². The van der Waals surface area contributed by atoms with Gasteiger partial charge in [0.05, 0.1) is 0 Å². The number of carboxylic acids is 1. The molecule has 4 nitrogen and oxygen atoms in total. The molecule has 0 amide bonds. The van der Waals surface area contributed by atoms with Gasteiger partial charge in [-0.15, -0.1) is 12.4 Å². The molecule has 0 spiro atoms. The van der Waals surface area contributed by atoms with Crippen molar-refractivity contribution in [1.29, 1.82) is 0 Å². The van der Waals surface area contributed by atoms with Crippen LogP contribution < -0.4 is 4.90 Å². The lowest BCUT2D eigenvalue weighted by atomic mass is 10.0. The molecule has 5 heteroatoms. The van der Waals surface area contributed by atoms with Gasteiger partial charge in [0.15, 0.2) is 5.78 Å². The number of likely N-dealkylation sites (N-methyl/N-ethyl adjacent to an activating group) is 1. The molecule has 110 valence electrons. The summed E-state index contributed by atoms with van der Waals surface area (Å²) in [5.41, 5.74) is 1.70. The number of halogens is 1. The van der Waals surface area contributed by atoms with Gasteiger partial charge in [-0.05, 0) is 12.1 Å². The normalized spacial score (nSPS) is 9.57. The van der Waals surface area contributed by atoms with Crippen molar-refractivity contribution in [2.24, 2.45) is 0 Å². The van der Waals surface area contributed by atoms with Crippen LogP contribution in [-0.2, 0) is 4.79 Å². The first-order chi connectivity index (χ1) is 9.59. The van der Waals surface area contributed by atoms with Crippen LogP contribution in [0.1, 0.15) is 15.9 Å². The highest BCUT2D eigenvalue weighted by atomic mass is 35.5. The van der Waals surface area contributed by atoms with Gasteiger partial charge in [0.2, 0.25) is 0 Å². The lowest BCUT2D eigenvalue weighted by Gasteiger charge is -2.19. The third-order valence-corrected chi connectivity index (χ3v) is 2.97. The summed E-state index contributed by atoms with van der Waals surface area (Å²) >= 11 is 0. The molecule has 0 aliphatic carbocycles. The van der Waals surface area contributed by atoms with E-state index in [9.17, 15) is 9.59 Å². The predicted molar refractivity (Wildman–Crippen MR) is 84.5 cm³/mol. The molecule has 21 heavy (non-hydrogen) atoms. The van der Waals surface area contributed by atoms with Crippen LogP contribution in [0.5, 0.6) is 0 Å². The topological polar surface area (TPSA) is 57.6 Å². The lowest BCUT2D eigenvalue weighted by molar-refractivity contribution is -0.135. The second-order valence-corrected chi connectivity index (χ2v) is 4.46. The minimum Gasteiger partial charge on any atom is -0.480 e. The number of hydrogen-bond acceptors (Lipinski definition) is 3. The minimum absolute atomic E-state index is 0. The number of carbonyl (C=O) groups excluding carboxylic acids is 1. The summed E-state index contributed by atoms with van der Waals surface area (Å²) < 4.78 is 0. The van der Waals surface area contributed by atoms with Crippen molar-refractivity contribution in [2.75, 3.05) is 18.5 Å². The summed E-state index contributed by atoms with van der Waals surface area (Å²) in [6, 6.07) is 16.0. The molecule has 0 saturated heterocycles. The number of benzene rings is 2. The maximum Gasteiger partial charge on any atom is 0.323 e. The Hall–Kier alpha value is -2.33. The fourth-order valence-corrected chi connectivity index (χ4v) is 2.03. The van der Waals surface area contributed by atoms with E-state index < -0.39 is 5.97 Å². The van der Waals surface area contributed by atoms with Crippen molar-refractivity contribution in [3.63, 3.8) is 0 Å². The average molecular weight is 306 g/mol. The number of ketones is 1. The first-order valence-electron chi connectivity index (χ1n) is 6.21. The van der Waals surface area contributed by atoms with Gasteiger partial charge in [-0.1, -0.05) is 42.5 Å². The molecule has 2 rings (SSSR count). The van der Waals surface area contributed by atoms with Gasteiger partial charge in [-0.25, -0.2) is 0 Å². The van der Waals surface area contributed by atoms with Gasteiger partial charge in [0.25, 0.3) is 0 Å². The molecular formula is C16H16ClNO3. The molecule has 0 bridgehead atoms. The summed E-state index contributed by atoms with van der Waals surface area (Å²) in [5, 5.41) is 8.87. The van der Waals surface area contributed by atoms with Crippen LogP contribution in [0, 0.1) is 0 Å². The Bertz CT molecular complexity index is 628. The second kappa shape index (κ2) is 7.45. The zero-order valence-corrected chi connectivity index (χ0v) is 12.3. The van der Waals surface area contributed by atoms with E-state index in [2.05, 4.69) is 0 Å². The summed E-state index contributed by atoms with van der Waals surface area (Å²) in [7, 11) is 1.66. The Morgan fingerprint density at radius 2 is 1.57 bits per heavy atom. The molecule has 1 N–H and O–H groups in total. The molecule has 0 aromatic heterocycles. The fourth-order valence-electron chi connectivity index (χ4n) is 2.03. The van der Waals surface area contributed by atoms with Gasteiger partial charge in [-0.2, -0.15) is 0 Å². The highest BCUT2D eigenvalue weighted by Gasteiger charge is 2.16. The van der Waals surface area contributed by atoms with E-state index in [-0.39, 0.29) is 24.7 Å². The van der Waals surface area contributed by atoms with Crippen molar-refractivity contribution >= 4 is 29.8 Å². The Morgan fingerprint density at radius 3 is 2.19 bits per heavy atom. The number of hydrogen-bond donors (Lipinski definition) is 1. The van der Waals surface area contributed by atoms with Gasteiger partial charge >= 0.3 is 5.97 Å². The van der Waals surface area contributed by atoms with Crippen molar-refractivity contribution in [1.82, 2.24) is 0 Å². The van der Waals surface area contributed by atoms with Crippen LogP contribution >= 0.6 is 12.4 Å². The highest BCUT2D eigenvalue weighted by molar-refractivity contribution is 6.12. The second-order valence-electron chi connectivity index (χ2n) is 4.46. The van der Waals surface area contributed by atoms with Crippen LogP contribution in [0.4, 0.5) is 5.69 Å². The molecular weight excluding hydrogens is 290 g/mol. The van der Waals surface area contributed by atoms with Crippen LogP contribution in [-0.4, -0.2) is 30.5 Å². The average Bonchev–Trinajstić information content (AvgIpc) is 2.46. The fraction of sp³-hybridized carbons (Fsp3) is 0.125. The molecule has 0 unspecified atom stereocenters. The highest BCUT2D eigenvalue weighted by Crippen LogP contribution is 2.22. The zero-order valence-electron chi connectivity index (χ0n) is 11.5. The smallest absolute Gasteiger partial charge is 0.323 e. The van der Waals surface area contributed by atoms with Crippen molar-refractivity contribution < 1.29 is 14.7 Å². The maximum atomic E-state index is 12.5. The third kappa shape index (κ3) is 4.07. The summed E-state index contributed by atoms with van der Waals surface area (Å²) in [6.07, 6.45) is 0. The molecule has 2 aromatic carbocycles. The first kappa shape index (κ1) is 16.7. The number of rotatable bonds is 5. The van der Waals surface area contributed by atoms with E-state index in [1.807, 2.05) is 6.07 Å². The van der Waals surface area contributed by atoms with Crippen LogP contribution in [0.15, 0.2) is 54.6 Å². The summed E-state index contributed by atoms with van der Waals surface area (Å²) in [5.74, 6) is -1.05. The Morgan fingerprint density at radius 1 is 1.00 bits per heavy atom. The molecule has 0 heterocycles. The largest absolute Gasteiger partial charge is 0.480 e. The maximum absolute atomic E-state index is 12.5. The molecule has 0 aliphatic rings. The molecule has 0 saturated carbocycles. The molecule has 0 aliphatic heterocycles. The standard InChI is InChI=1S/C16H15NO3.ClH/c1-17(11-15(18)19)14-10-6-5-9-13(14)16(20)12-7-3-2-4-8-12;/h2-10H,11H2,1H3,(H,18,19);1H. The monoisotopic (exact) mass is 305 g/mol. The number of nitrogens with zero attached hydrogens (tertiary/aromatic N) is 1. The van der Waals surface area contributed by atoms with Gasteiger partial charge in [0.1, 0.15) is 6.54 Å². The van der Waals surface area contributed by atoms with E-state index in [0.29, 0.717) is 16.8 Å². The summed E-state index contributed by atoms with van der Waals surface area (Å²) in [4.78, 5) is 24.8. The Balaban J connectivity index is 0.00000220. The van der Waals surface area contributed by atoms with Crippen LogP contribution in [0.3, 0.4) is 0 Å². The number of para-hydroxylation sites is 1. The third-order valence-electron chi connectivity index (χ3n) is 2.97. The van der Waals surface area contributed by atoms with Crippen molar-refractivity contribution in [3.05, 3.63) is 65.7 Å². The first-order valence-corrected chi connectivity index (χ1v) is 6.21. The van der Waals surface area contributed by atoms with Gasteiger partial charge in [-0.3, -0.25) is 9.59 Å². The lowest BCUT2D eigenvalue weighted by Crippen LogP contribution is -2.26. The number of carboxylic acid groups (broad SMARTS) is 1. The molecule has 0 atom stereocenters. The van der Waals surface area contributed by atoms with Gasteiger partial charge in [0, 0.05) is 23.9 Å². The van der Waals surface area contributed by atoms with Gasteiger partial charge < -0.3 is 10.0 Å². The van der Waals surface area contributed by atoms with Crippen molar-refractivity contribution in [3.8, 4) is 0 Å². The summed E-state index contributed by atoms with van der Waals surface area (Å²) in [6.45, 7) is -0.154. The predicted octanol–water partition coefficient (Wildman–Crippen LogP) is 2.86. The number of anilines is 1. The van der Waals surface area contributed by atoms with E-state index in [0.717, 1.165) is 0 Å². The number of aliphatic carboxylic acids is 1. The quantitative estimate of drug-likeness (QED) is 0.863. The molecule has 2 aromatic rings. The zero-order chi connectivity index (χ0) is 14.5. The van der Waals surface area contributed by atoms with E-state index in [1.165, 1.54) is 0 Å². The number of carbonyl (C=O) groups is 2. The van der Waals surface area contributed by atoms with E-state index in [4.69, 9.17) is 5.11 Å². The SMILES string of the molecule is CN(CC(=O)O)c1ccccc1C(=O)c1ccccc1.Cl. The van der Waals surface area contributed by atoms with Crippen LogP contribution in [0.25, 0.3) is 0 Å². The Kier molecular flexibility index (Phi) is 5.93. The van der Waals surface area contributed by atoms with Crippen LogP contribution in [0.2, 0.25) is 0 Å². The Labute approximate surface area is 129 Å². The van der Waals surface area contributed by atoms with E-state index >= 15 is 0 Å².